The molecule has 1 atom stereocenters. The van der Waals surface area contributed by atoms with Gasteiger partial charge in [-0.3, -0.25) is 4.79 Å². The van der Waals surface area contributed by atoms with E-state index in [2.05, 4.69) is 5.32 Å². The predicted octanol–water partition coefficient (Wildman–Crippen LogP) is 2.10. The van der Waals surface area contributed by atoms with Crippen molar-refractivity contribution in [2.75, 3.05) is 12.8 Å². The fourth-order valence-electron chi connectivity index (χ4n) is 1.26. The second kappa shape index (κ2) is 5.14. The van der Waals surface area contributed by atoms with Crippen LogP contribution in [-0.4, -0.2) is 18.9 Å². The van der Waals surface area contributed by atoms with Gasteiger partial charge >= 0.3 is 0 Å². The lowest BCUT2D eigenvalue weighted by atomic mass is 10.0. The average molecular weight is 227 g/mol. The summed E-state index contributed by atoms with van der Waals surface area (Å²) in [4.78, 5) is 11.8. The topological polar surface area (TPSA) is 55.1 Å². The smallest absolute Gasteiger partial charge is 0.166 e. The van der Waals surface area contributed by atoms with Crippen molar-refractivity contribution in [2.45, 2.75) is 19.4 Å². The standard InChI is InChI=1S/C11H15ClN2O/c1-7(14-2)5-11(15)9-6-8(12)3-4-10(9)13/h3-4,6-7,14H,5,13H2,1-2H3. The number of hydrogen-bond donors (Lipinski definition) is 2. The number of nitrogen functional groups attached to an aromatic ring is 1. The molecule has 0 bridgehead atoms. The first kappa shape index (κ1) is 12.0. The van der Waals surface area contributed by atoms with Gasteiger partial charge in [0.1, 0.15) is 0 Å². The molecule has 3 nitrogen and oxygen atoms in total. The van der Waals surface area contributed by atoms with Gasteiger partial charge in [0.25, 0.3) is 0 Å². The predicted molar refractivity (Wildman–Crippen MR) is 63.3 cm³/mol. The summed E-state index contributed by atoms with van der Waals surface area (Å²) in [6, 6.07) is 5.08. The van der Waals surface area contributed by atoms with E-state index in [4.69, 9.17) is 17.3 Å². The van der Waals surface area contributed by atoms with Gasteiger partial charge < -0.3 is 11.1 Å². The molecule has 4 heteroatoms. The first-order valence-electron chi connectivity index (χ1n) is 4.80. The first-order valence-corrected chi connectivity index (χ1v) is 5.18. The maximum Gasteiger partial charge on any atom is 0.166 e. The number of rotatable bonds is 4. The second-order valence-electron chi connectivity index (χ2n) is 3.55. The lowest BCUT2D eigenvalue weighted by molar-refractivity contribution is 0.0973. The minimum absolute atomic E-state index is 0.0110. The van der Waals surface area contributed by atoms with Crippen molar-refractivity contribution < 1.29 is 4.79 Å². The van der Waals surface area contributed by atoms with Crippen molar-refractivity contribution in [3.63, 3.8) is 0 Å². The van der Waals surface area contributed by atoms with Crippen LogP contribution in [-0.2, 0) is 0 Å². The number of halogens is 1. The number of carbonyl (C=O) groups is 1. The van der Waals surface area contributed by atoms with Gasteiger partial charge in [0.2, 0.25) is 0 Å². The summed E-state index contributed by atoms with van der Waals surface area (Å²) in [7, 11) is 1.82. The summed E-state index contributed by atoms with van der Waals surface area (Å²) < 4.78 is 0. The van der Waals surface area contributed by atoms with Crippen LogP contribution in [0.25, 0.3) is 0 Å². The van der Waals surface area contributed by atoms with Crippen LogP contribution in [0.2, 0.25) is 5.02 Å². The largest absolute Gasteiger partial charge is 0.398 e. The molecule has 0 aromatic heterocycles. The average Bonchev–Trinajstić information content (AvgIpc) is 2.21. The third-order valence-corrected chi connectivity index (χ3v) is 2.54. The Balaban J connectivity index is 2.86. The van der Waals surface area contributed by atoms with E-state index in [0.29, 0.717) is 22.7 Å². The number of anilines is 1. The fraction of sp³-hybridized carbons (Fsp3) is 0.364. The highest BCUT2D eigenvalue weighted by molar-refractivity contribution is 6.31. The van der Waals surface area contributed by atoms with Crippen molar-refractivity contribution in [3.05, 3.63) is 28.8 Å². The van der Waals surface area contributed by atoms with Crippen LogP contribution in [0.3, 0.4) is 0 Å². The summed E-state index contributed by atoms with van der Waals surface area (Å²) in [5.74, 6) is 0.0110. The second-order valence-corrected chi connectivity index (χ2v) is 3.99. The molecule has 1 aromatic rings. The third-order valence-electron chi connectivity index (χ3n) is 2.30. The third kappa shape index (κ3) is 3.22. The summed E-state index contributed by atoms with van der Waals surface area (Å²) in [5, 5.41) is 3.54. The summed E-state index contributed by atoms with van der Waals surface area (Å²) in [5.41, 5.74) is 6.69. The zero-order chi connectivity index (χ0) is 11.4. The van der Waals surface area contributed by atoms with Crippen LogP contribution in [0.15, 0.2) is 18.2 Å². The number of benzene rings is 1. The molecule has 0 heterocycles. The minimum Gasteiger partial charge on any atom is -0.398 e. The number of nitrogens with one attached hydrogen (secondary N) is 1. The molecule has 0 aliphatic carbocycles. The highest BCUT2D eigenvalue weighted by Crippen LogP contribution is 2.19. The number of nitrogens with two attached hydrogens (primary N) is 1. The van der Waals surface area contributed by atoms with Crippen molar-refractivity contribution in [2.24, 2.45) is 0 Å². The van der Waals surface area contributed by atoms with Crippen molar-refractivity contribution in [3.8, 4) is 0 Å². The van der Waals surface area contributed by atoms with Gasteiger partial charge in [-0.25, -0.2) is 0 Å². The molecule has 3 N–H and O–H groups in total. The Morgan fingerprint density at radius 1 is 1.60 bits per heavy atom. The highest BCUT2D eigenvalue weighted by Gasteiger charge is 2.13. The molecule has 1 rings (SSSR count). The summed E-state index contributed by atoms with van der Waals surface area (Å²) in [6.07, 6.45) is 0.418. The molecule has 0 fully saturated rings. The summed E-state index contributed by atoms with van der Waals surface area (Å²) in [6.45, 7) is 1.94. The van der Waals surface area contributed by atoms with Gasteiger partial charge in [0, 0.05) is 28.7 Å². The van der Waals surface area contributed by atoms with Crippen molar-refractivity contribution >= 4 is 23.1 Å². The van der Waals surface area contributed by atoms with Crippen molar-refractivity contribution in [1.82, 2.24) is 5.32 Å². The normalized spacial score (nSPS) is 12.5. The van der Waals surface area contributed by atoms with Gasteiger partial charge in [-0.05, 0) is 32.2 Å². The Bertz CT molecular complexity index is 366. The van der Waals surface area contributed by atoms with Crippen LogP contribution in [0.1, 0.15) is 23.7 Å². The lowest BCUT2D eigenvalue weighted by Gasteiger charge is -2.10. The molecule has 15 heavy (non-hydrogen) atoms. The van der Waals surface area contributed by atoms with E-state index in [1.54, 1.807) is 18.2 Å². The Labute approximate surface area is 94.6 Å². The molecule has 82 valence electrons. The SMILES string of the molecule is CNC(C)CC(=O)c1cc(Cl)ccc1N. The van der Waals surface area contributed by atoms with Crippen LogP contribution in [0.4, 0.5) is 5.69 Å². The van der Waals surface area contributed by atoms with Crippen molar-refractivity contribution in [1.29, 1.82) is 0 Å². The molecule has 0 spiro atoms. The minimum atomic E-state index is 0.0110. The zero-order valence-electron chi connectivity index (χ0n) is 8.88. The van der Waals surface area contributed by atoms with E-state index >= 15 is 0 Å². The Hall–Kier alpha value is -1.06. The van der Waals surface area contributed by atoms with E-state index < -0.39 is 0 Å². The van der Waals surface area contributed by atoms with E-state index in [0.717, 1.165) is 0 Å². The monoisotopic (exact) mass is 226 g/mol. The molecular formula is C11H15ClN2O. The number of hydrogen-bond acceptors (Lipinski definition) is 3. The maximum absolute atomic E-state index is 11.8. The summed E-state index contributed by atoms with van der Waals surface area (Å²) >= 11 is 5.81. The van der Waals surface area contributed by atoms with Crippen LogP contribution in [0.5, 0.6) is 0 Å². The quantitative estimate of drug-likeness (QED) is 0.611. The fourth-order valence-corrected chi connectivity index (χ4v) is 1.43. The molecule has 0 aliphatic heterocycles. The molecule has 0 saturated heterocycles. The van der Waals surface area contributed by atoms with E-state index in [1.165, 1.54) is 0 Å². The molecule has 0 amide bonds. The number of Topliss-reactive ketones (excluding diaryl/α,β-unsaturated/α-hetero) is 1. The van der Waals surface area contributed by atoms with Crippen LogP contribution in [0, 0.1) is 0 Å². The van der Waals surface area contributed by atoms with Gasteiger partial charge in [-0.2, -0.15) is 0 Å². The van der Waals surface area contributed by atoms with E-state index in [9.17, 15) is 4.79 Å². The van der Waals surface area contributed by atoms with E-state index in [1.807, 2.05) is 14.0 Å². The van der Waals surface area contributed by atoms with Gasteiger partial charge in [0.15, 0.2) is 5.78 Å². The molecule has 0 saturated carbocycles. The number of carbonyl (C=O) groups excluding carboxylic acids is 1. The number of ketones is 1. The van der Waals surface area contributed by atoms with Gasteiger partial charge in [-0.1, -0.05) is 11.6 Å². The first-order chi connectivity index (χ1) is 7.04. The zero-order valence-corrected chi connectivity index (χ0v) is 9.64. The Morgan fingerprint density at radius 3 is 2.87 bits per heavy atom. The van der Waals surface area contributed by atoms with Crippen LogP contribution < -0.4 is 11.1 Å². The molecule has 1 aromatic carbocycles. The molecule has 1 unspecified atom stereocenters. The Morgan fingerprint density at radius 2 is 2.27 bits per heavy atom. The molecule has 0 aliphatic rings. The van der Waals surface area contributed by atoms with Gasteiger partial charge in [-0.15, -0.1) is 0 Å². The van der Waals surface area contributed by atoms with Crippen LogP contribution >= 0.6 is 11.6 Å². The highest BCUT2D eigenvalue weighted by atomic mass is 35.5. The maximum atomic E-state index is 11.8. The molecular weight excluding hydrogens is 212 g/mol. The van der Waals surface area contributed by atoms with E-state index in [-0.39, 0.29) is 11.8 Å². The Kier molecular flexibility index (Phi) is 4.12. The molecule has 0 radical (unpaired) electrons. The lowest BCUT2D eigenvalue weighted by Crippen LogP contribution is -2.24. The van der Waals surface area contributed by atoms with Gasteiger partial charge in [0.05, 0.1) is 0 Å².